The third-order valence-electron chi connectivity index (χ3n) is 22.0. The number of carbonyl (C=O) groups is 12. The number of rotatable bonds is 15. The number of carbonyl (C=O) groups excluding carboxylic acids is 12. The molecule has 2 saturated heterocycles. The van der Waals surface area contributed by atoms with E-state index in [2.05, 4.69) is 16.0 Å². The predicted octanol–water partition coefficient (Wildman–Crippen LogP) is 6.20. The quantitative estimate of drug-likeness (QED) is 0.143. The van der Waals surface area contributed by atoms with Gasteiger partial charge in [0, 0.05) is 75.6 Å². The van der Waals surface area contributed by atoms with Crippen molar-refractivity contribution in [1.29, 1.82) is 0 Å². The molecule has 0 radical (unpaired) electrons. The molecule has 12 amide bonds. The molecule has 0 bridgehead atoms. The summed E-state index contributed by atoms with van der Waals surface area (Å²) in [4.78, 5) is 191. The molecule has 3 saturated carbocycles. The lowest BCUT2D eigenvalue weighted by molar-refractivity contribution is -0.157. The van der Waals surface area contributed by atoms with Crippen molar-refractivity contribution in [1.82, 2.24) is 60.0 Å². The third kappa shape index (κ3) is 23.3. The average molecular weight is 1490 g/mol. The molecule has 25 nitrogen and oxygen atoms in total. The van der Waals surface area contributed by atoms with Crippen LogP contribution < -0.4 is 16.0 Å². The Morgan fingerprint density at radius 2 is 1.25 bits per heavy atom. The Labute approximate surface area is 617 Å². The van der Waals surface area contributed by atoms with Gasteiger partial charge in [0.1, 0.15) is 41.8 Å². The standard InChI is InChI=1S/C75H116ClF3N12O13/c1-12-50(4)65-71(102)85(7)47-63(96)83(5)48-64(97)87(9)58(43-51-27-17-13-18-28-51)69(100)84(6)45-60(93)80-56(34-32-52-31-33-54(55(76)42-52)75(77,78)79)68(99)91(39-25-16-26-40-92)46-61(94)82-74(35-21-22-36-74)73(104)89(11)66(53-29-19-14-20-30-53)72(103)88(10)59(70(101)90-37-23-15-24-38-90)44-62(95)86(8)57(41-49(2)3)67(98)81-65/h16,25,31,33,42,49-51,53,56-59,65-66,92H,12-15,17-24,26-30,32,34-41,43-48H2,1-11H3,(H,80,93)(H,81,98)(H,82,94)/b25-16+/t50-,56-,57-,58-,59-,65-,66-/m0/s1. The molecular formula is C75H116ClF3N12O13. The number of nitrogens with one attached hydrogen (secondary N) is 3. The first-order valence-corrected chi connectivity index (χ1v) is 37.9. The zero-order chi connectivity index (χ0) is 76.9. The average Bonchev–Trinajstić information content (AvgIpc) is 1.44. The second kappa shape index (κ2) is 39.8. The van der Waals surface area contributed by atoms with Gasteiger partial charge in [-0.2, -0.15) is 13.2 Å². The summed E-state index contributed by atoms with van der Waals surface area (Å²) in [6.07, 6.45) is 9.22. The van der Waals surface area contributed by atoms with Crippen LogP contribution >= 0.6 is 11.6 Å². The van der Waals surface area contributed by atoms with Crippen LogP contribution in [0.5, 0.6) is 0 Å². The fourth-order valence-corrected chi connectivity index (χ4v) is 15.7. The highest BCUT2D eigenvalue weighted by Gasteiger charge is 2.50. The van der Waals surface area contributed by atoms with E-state index >= 15 is 24.0 Å². The summed E-state index contributed by atoms with van der Waals surface area (Å²) >= 11 is 6.17. The topological polar surface area (TPSA) is 290 Å². The van der Waals surface area contributed by atoms with Crippen molar-refractivity contribution < 1.29 is 75.8 Å². The summed E-state index contributed by atoms with van der Waals surface area (Å²) in [5.41, 5.74) is -2.47. The van der Waals surface area contributed by atoms with Gasteiger partial charge in [-0.1, -0.05) is 128 Å². The van der Waals surface area contributed by atoms with Crippen molar-refractivity contribution in [3.8, 4) is 0 Å². The van der Waals surface area contributed by atoms with Gasteiger partial charge in [-0.25, -0.2) is 0 Å². The summed E-state index contributed by atoms with van der Waals surface area (Å²) in [5.74, 6) is -9.29. The van der Waals surface area contributed by atoms with Crippen molar-refractivity contribution in [2.45, 2.75) is 230 Å². The van der Waals surface area contributed by atoms with E-state index in [1.54, 1.807) is 17.9 Å². The Hall–Kier alpha value is -7.36. The zero-order valence-electron chi connectivity index (χ0n) is 63.2. The van der Waals surface area contributed by atoms with Gasteiger partial charge < -0.3 is 65.2 Å². The molecule has 1 spiro atoms. The van der Waals surface area contributed by atoms with Gasteiger partial charge in [0.2, 0.25) is 70.9 Å². The molecule has 104 heavy (non-hydrogen) atoms. The monoisotopic (exact) mass is 1480 g/mol. The molecule has 5 aliphatic rings. The Morgan fingerprint density at radius 3 is 1.85 bits per heavy atom. The van der Waals surface area contributed by atoms with Gasteiger partial charge in [-0.3, -0.25) is 57.5 Å². The minimum Gasteiger partial charge on any atom is -0.396 e. The number of benzene rings is 1. The molecule has 0 aromatic heterocycles. The lowest BCUT2D eigenvalue weighted by atomic mass is 9.81. The van der Waals surface area contributed by atoms with Crippen molar-refractivity contribution in [2.24, 2.45) is 23.7 Å². The molecule has 3 aliphatic carbocycles. The summed E-state index contributed by atoms with van der Waals surface area (Å²) in [6.45, 7) is 5.02. The number of halogens is 4. The van der Waals surface area contributed by atoms with E-state index in [0.717, 1.165) is 89.5 Å². The van der Waals surface area contributed by atoms with E-state index in [-0.39, 0.29) is 75.5 Å². The molecule has 4 N–H and O–H groups in total. The first-order valence-electron chi connectivity index (χ1n) is 37.5. The van der Waals surface area contributed by atoms with Crippen molar-refractivity contribution in [3.63, 3.8) is 0 Å². The normalized spacial score (nSPS) is 25.2. The molecular weight excluding hydrogens is 1370 g/mol. The molecule has 582 valence electrons. The molecule has 2 heterocycles. The number of likely N-dealkylation sites (N-methyl/N-ethyl adjacent to an activating group) is 7. The van der Waals surface area contributed by atoms with Crippen molar-refractivity contribution in [3.05, 3.63) is 46.5 Å². The lowest BCUT2D eigenvalue weighted by Crippen LogP contribution is -2.64. The SMILES string of the molecule is CC[C@H](C)[C@@H]1NC(=O)[C@H](CC(C)C)N(C)C(=O)C[C@@H](C(=O)N2CCCCC2)N(C)C(=O)[C@H](C2CCCCC2)N(C)C(=O)C2(CCCC2)NC(=O)CN(C/C=C/CCO)C(=O)[C@H](CCc2ccc(C(F)(F)F)c(Cl)c2)NC(=O)CN(C)C(=O)[C@H](CC2CCCCC2)N(C)C(=O)CN(C)C(=O)CN(C)C1=O. The van der Waals surface area contributed by atoms with Crippen LogP contribution in [0.1, 0.15) is 187 Å². The van der Waals surface area contributed by atoms with Crippen molar-refractivity contribution in [2.75, 3.05) is 102 Å². The molecule has 1 aromatic rings. The summed E-state index contributed by atoms with van der Waals surface area (Å²) < 4.78 is 41.8. The van der Waals surface area contributed by atoms with Crippen LogP contribution in [0.4, 0.5) is 13.2 Å². The summed E-state index contributed by atoms with van der Waals surface area (Å²) in [5, 5.41) is 17.8. The largest absolute Gasteiger partial charge is 0.417 e. The van der Waals surface area contributed by atoms with Crippen LogP contribution in [0.15, 0.2) is 30.4 Å². The highest BCUT2D eigenvalue weighted by molar-refractivity contribution is 6.31. The maximum atomic E-state index is 15.8. The number of hydrogen-bond acceptors (Lipinski definition) is 13. The number of aryl methyl sites for hydroxylation is 1. The molecule has 1 aromatic carbocycles. The fraction of sp³-hybridized carbons (Fsp3) is 0.733. The maximum Gasteiger partial charge on any atom is 0.417 e. The molecule has 5 fully saturated rings. The van der Waals surface area contributed by atoms with E-state index in [1.807, 2.05) is 20.8 Å². The Kier molecular flexibility index (Phi) is 32.8. The highest BCUT2D eigenvalue weighted by atomic mass is 35.5. The van der Waals surface area contributed by atoms with Gasteiger partial charge in [0.15, 0.2) is 0 Å². The molecule has 0 unspecified atom stereocenters. The maximum absolute atomic E-state index is 15.8. The lowest BCUT2D eigenvalue weighted by Gasteiger charge is -2.43. The minimum absolute atomic E-state index is 0.00421. The number of hydrogen-bond donors (Lipinski definition) is 4. The third-order valence-corrected chi connectivity index (χ3v) is 22.3. The van der Waals surface area contributed by atoms with Crippen molar-refractivity contribution >= 4 is 82.5 Å². The minimum atomic E-state index is -4.79. The molecule has 7 atom stereocenters. The zero-order valence-corrected chi connectivity index (χ0v) is 63.9. The number of amides is 12. The second-order valence-electron chi connectivity index (χ2n) is 30.2. The molecule has 6 rings (SSSR count). The van der Waals surface area contributed by atoms with Crippen LogP contribution in [0.3, 0.4) is 0 Å². The van der Waals surface area contributed by atoms with Crippen LogP contribution in [0, 0.1) is 23.7 Å². The number of likely N-dealkylation sites (tertiary alicyclic amines) is 1. The Morgan fingerprint density at radius 1 is 0.654 bits per heavy atom. The number of aliphatic hydroxyl groups excluding tert-OH is 1. The smallest absolute Gasteiger partial charge is 0.396 e. The van der Waals surface area contributed by atoms with E-state index < -0.39 is 174 Å². The van der Waals surface area contributed by atoms with Gasteiger partial charge in [-0.15, -0.1) is 0 Å². The summed E-state index contributed by atoms with van der Waals surface area (Å²) in [7, 11) is 9.91. The Balaban J connectivity index is 1.46. The number of piperidine rings is 1. The first kappa shape index (κ1) is 85.6. The number of aliphatic hydroxyl groups is 1. The number of nitrogens with zero attached hydrogens (tertiary/aromatic N) is 9. The van der Waals surface area contributed by atoms with Crippen LogP contribution in [0.2, 0.25) is 5.02 Å². The predicted molar refractivity (Wildman–Crippen MR) is 386 cm³/mol. The van der Waals surface area contributed by atoms with Gasteiger partial charge in [0.25, 0.3) is 0 Å². The van der Waals surface area contributed by atoms with E-state index in [0.29, 0.717) is 58.0 Å². The van der Waals surface area contributed by atoms with E-state index in [9.17, 15) is 51.8 Å². The second-order valence-corrected chi connectivity index (χ2v) is 30.7. The fourth-order valence-electron chi connectivity index (χ4n) is 15.4. The van der Waals surface area contributed by atoms with Gasteiger partial charge in [0.05, 0.1) is 43.2 Å². The van der Waals surface area contributed by atoms with E-state index in [1.165, 1.54) is 81.1 Å². The van der Waals surface area contributed by atoms with Crippen LogP contribution in [0.25, 0.3) is 0 Å². The summed E-state index contributed by atoms with van der Waals surface area (Å²) in [6, 6.07) is -4.65. The molecule has 2 aliphatic heterocycles. The van der Waals surface area contributed by atoms with E-state index in [4.69, 9.17) is 11.6 Å². The van der Waals surface area contributed by atoms with Gasteiger partial charge in [-0.05, 0) is 118 Å². The van der Waals surface area contributed by atoms with Crippen LogP contribution in [-0.2, 0) is 70.1 Å². The van der Waals surface area contributed by atoms with Gasteiger partial charge >= 0.3 is 6.18 Å². The van der Waals surface area contributed by atoms with Crippen LogP contribution in [-0.4, -0.2) is 264 Å². The Bertz CT molecular complexity index is 3190. The highest BCUT2D eigenvalue weighted by Crippen LogP contribution is 2.38. The molecule has 29 heteroatoms. The first-order chi connectivity index (χ1) is 49.1. The number of alkyl halides is 3.